The van der Waals surface area contributed by atoms with Crippen molar-refractivity contribution in [2.24, 2.45) is 11.3 Å². The number of thiophene rings is 1. The molecule has 17 heavy (non-hydrogen) atoms. The molecular weight excluding hydrogens is 294 g/mol. The van der Waals surface area contributed by atoms with Gasteiger partial charge in [-0.15, -0.1) is 11.3 Å². The van der Waals surface area contributed by atoms with Crippen LogP contribution in [0.2, 0.25) is 0 Å². The topological polar surface area (TPSA) is 12.0 Å². The molecule has 0 spiro atoms. The summed E-state index contributed by atoms with van der Waals surface area (Å²) in [6, 6.07) is 2.91. The summed E-state index contributed by atoms with van der Waals surface area (Å²) in [5, 5.41) is 5.88. The summed E-state index contributed by atoms with van der Waals surface area (Å²) in [6.45, 7) is 8.21. The van der Waals surface area contributed by atoms with E-state index >= 15 is 0 Å². The second-order valence-electron chi connectivity index (χ2n) is 6.22. The Bertz CT molecular complexity index is 372. The van der Waals surface area contributed by atoms with E-state index in [1.54, 1.807) is 0 Å². The van der Waals surface area contributed by atoms with Crippen molar-refractivity contribution in [1.82, 2.24) is 5.32 Å². The number of hydrogen-bond donors (Lipinski definition) is 1. The SMILES string of the molecule is CC1CC(NCc2cc(Br)cs2)CC(C)(C)C1. The van der Waals surface area contributed by atoms with Gasteiger partial charge in [-0.3, -0.25) is 0 Å². The van der Waals surface area contributed by atoms with Crippen LogP contribution in [0.3, 0.4) is 0 Å². The van der Waals surface area contributed by atoms with Crippen LogP contribution in [0.4, 0.5) is 0 Å². The standard InChI is InChI=1S/C14H22BrNS/c1-10-4-12(7-14(2,3)6-10)16-8-13-5-11(15)9-17-13/h5,9-10,12,16H,4,6-8H2,1-3H3. The highest BCUT2D eigenvalue weighted by molar-refractivity contribution is 9.10. The summed E-state index contributed by atoms with van der Waals surface area (Å²) in [6.07, 6.45) is 4.01. The molecule has 0 bridgehead atoms. The maximum Gasteiger partial charge on any atom is 0.0302 e. The molecule has 0 aromatic carbocycles. The van der Waals surface area contributed by atoms with Crippen LogP contribution in [0, 0.1) is 11.3 Å². The van der Waals surface area contributed by atoms with Gasteiger partial charge in [0.05, 0.1) is 0 Å². The Balaban J connectivity index is 1.86. The highest BCUT2D eigenvalue weighted by atomic mass is 79.9. The van der Waals surface area contributed by atoms with Gasteiger partial charge in [0.15, 0.2) is 0 Å². The zero-order valence-corrected chi connectivity index (χ0v) is 13.3. The average Bonchev–Trinajstić information content (AvgIpc) is 2.58. The number of rotatable bonds is 3. The van der Waals surface area contributed by atoms with Crippen molar-refractivity contribution in [3.63, 3.8) is 0 Å². The van der Waals surface area contributed by atoms with Crippen LogP contribution >= 0.6 is 27.3 Å². The molecule has 1 N–H and O–H groups in total. The maximum atomic E-state index is 3.73. The molecule has 2 atom stereocenters. The van der Waals surface area contributed by atoms with Crippen molar-refractivity contribution in [1.29, 1.82) is 0 Å². The summed E-state index contributed by atoms with van der Waals surface area (Å²) in [5.74, 6) is 0.853. The van der Waals surface area contributed by atoms with Gasteiger partial charge >= 0.3 is 0 Å². The smallest absolute Gasteiger partial charge is 0.0302 e. The Morgan fingerprint density at radius 3 is 2.82 bits per heavy atom. The first-order valence-electron chi connectivity index (χ1n) is 6.41. The maximum absolute atomic E-state index is 3.73. The van der Waals surface area contributed by atoms with Crippen molar-refractivity contribution in [2.45, 2.75) is 52.6 Å². The average molecular weight is 316 g/mol. The van der Waals surface area contributed by atoms with Crippen molar-refractivity contribution in [3.05, 3.63) is 20.8 Å². The Labute approximate surface area is 117 Å². The summed E-state index contributed by atoms with van der Waals surface area (Å²) in [7, 11) is 0. The van der Waals surface area contributed by atoms with Crippen molar-refractivity contribution >= 4 is 27.3 Å². The molecule has 1 aliphatic rings. The third-order valence-electron chi connectivity index (χ3n) is 3.57. The lowest BCUT2D eigenvalue weighted by atomic mass is 9.70. The fourth-order valence-corrected chi connectivity index (χ4v) is 4.59. The lowest BCUT2D eigenvalue weighted by Gasteiger charge is -2.39. The van der Waals surface area contributed by atoms with E-state index in [4.69, 9.17) is 0 Å². The van der Waals surface area contributed by atoms with E-state index < -0.39 is 0 Å². The Morgan fingerprint density at radius 2 is 2.24 bits per heavy atom. The van der Waals surface area contributed by atoms with Crippen LogP contribution in [0.5, 0.6) is 0 Å². The molecule has 1 aromatic heterocycles. The van der Waals surface area contributed by atoms with Crippen LogP contribution in [-0.4, -0.2) is 6.04 Å². The third kappa shape index (κ3) is 4.08. The lowest BCUT2D eigenvalue weighted by Crippen LogP contribution is -2.39. The molecule has 2 unspecified atom stereocenters. The largest absolute Gasteiger partial charge is 0.309 e. The highest BCUT2D eigenvalue weighted by Gasteiger charge is 2.31. The molecule has 3 heteroatoms. The fraction of sp³-hybridized carbons (Fsp3) is 0.714. The molecule has 2 rings (SSSR count). The predicted octanol–water partition coefficient (Wildman–Crippen LogP) is 4.82. The van der Waals surface area contributed by atoms with Gasteiger partial charge < -0.3 is 5.32 Å². The molecule has 0 radical (unpaired) electrons. The van der Waals surface area contributed by atoms with Crippen molar-refractivity contribution < 1.29 is 0 Å². The van der Waals surface area contributed by atoms with Crippen LogP contribution in [0.1, 0.15) is 44.9 Å². The van der Waals surface area contributed by atoms with Gasteiger partial charge in [-0.2, -0.15) is 0 Å². The van der Waals surface area contributed by atoms with E-state index in [1.807, 2.05) is 11.3 Å². The minimum Gasteiger partial charge on any atom is -0.309 e. The van der Waals surface area contributed by atoms with E-state index in [0.717, 1.165) is 12.5 Å². The van der Waals surface area contributed by atoms with Crippen LogP contribution in [0.15, 0.2) is 15.9 Å². The molecule has 0 saturated heterocycles. The number of hydrogen-bond acceptors (Lipinski definition) is 2. The Morgan fingerprint density at radius 1 is 1.47 bits per heavy atom. The molecule has 1 heterocycles. The molecule has 0 aliphatic heterocycles. The molecule has 1 aromatic rings. The van der Waals surface area contributed by atoms with Crippen LogP contribution in [-0.2, 0) is 6.54 Å². The Hall–Kier alpha value is 0.140. The molecule has 0 amide bonds. The van der Waals surface area contributed by atoms with Gasteiger partial charge in [0, 0.05) is 27.3 Å². The number of nitrogens with one attached hydrogen (secondary N) is 1. The summed E-state index contributed by atoms with van der Waals surface area (Å²) < 4.78 is 1.21. The molecule has 1 fully saturated rings. The fourth-order valence-electron chi connectivity index (χ4n) is 3.19. The van der Waals surface area contributed by atoms with E-state index in [-0.39, 0.29) is 0 Å². The van der Waals surface area contributed by atoms with E-state index in [0.29, 0.717) is 11.5 Å². The zero-order chi connectivity index (χ0) is 12.5. The second-order valence-corrected chi connectivity index (χ2v) is 8.13. The van der Waals surface area contributed by atoms with E-state index in [1.165, 1.54) is 28.6 Å². The molecule has 1 saturated carbocycles. The molecule has 96 valence electrons. The van der Waals surface area contributed by atoms with Gasteiger partial charge in [0.2, 0.25) is 0 Å². The highest BCUT2D eigenvalue weighted by Crippen LogP contribution is 2.38. The van der Waals surface area contributed by atoms with E-state index in [2.05, 4.69) is 53.5 Å². The Kier molecular flexibility index (Phi) is 4.32. The third-order valence-corrected chi connectivity index (χ3v) is 5.27. The predicted molar refractivity (Wildman–Crippen MR) is 79.4 cm³/mol. The van der Waals surface area contributed by atoms with Crippen molar-refractivity contribution in [2.75, 3.05) is 0 Å². The van der Waals surface area contributed by atoms with E-state index in [9.17, 15) is 0 Å². The monoisotopic (exact) mass is 315 g/mol. The molecule has 1 aliphatic carbocycles. The minimum absolute atomic E-state index is 0.505. The minimum atomic E-state index is 0.505. The van der Waals surface area contributed by atoms with Gasteiger partial charge in [0.25, 0.3) is 0 Å². The normalized spacial score (nSPS) is 28.2. The van der Waals surface area contributed by atoms with Gasteiger partial charge in [-0.1, -0.05) is 20.8 Å². The first-order chi connectivity index (χ1) is 7.94. The van der Waals surface area contributed by atoms with Gasteiger partial charge in [-0.05, 0) is 52.6 Å². The van der Waals surface area contributed by atoms with Gasteiger partial charge in [0.1, 0.15) is 0 Å². The van der Waals surface area contributed by atoms with Crippen LogP contribution in [0.25, 0.3) is 0 Å². The van der Waals surface area contributed by atoms with Crippen LogP contribution < -0.4 is 5.32 Å². The first kappa shape index (κ1) is 13.6. The molecule has 1 nitrogen and oxygen atoms in total. The summed E-state index contributed by atoms with van der Waals surface area (Å²) >= 11 is 5.34. The quantitative estimate of drug-likeness (QED) is 0.843. The summed E-state index contributed by atoms with van der Waals surface area (Å²) in [5.41, 5.74) is 0.505. The second kappa shape index (κ2) is 5.41. The molecular formula is C14H22BrNS. The first-order valence-corrected chi connectivity index (χ1v) is 8.08. The lowest BCUT2D eigenvalue weighted by molar-refractivity contribution is 0.151. The summed E-state index contributed by atoms with van der Waals surface area (Å²) in [4.78, 5) is 1.42. The van der Waals surface area contributed by atoms with Gasteiger partial charge in [-0.25, -0.2) is 0 Å². The number of halogens is 1. The van der Waals surface area contributed by atoms with Crippen molar-refractivity contribution in [3.8, 4) is 0 Å². The zero-order valence-electron chi connectivity index (χ0n) is 10.9.